The number of primary amides is 1. The molecule has 166 valence electrons. The van der Waals surface area contributed by atoms with Gasteiger partial charge in [0.05, 0.1) is 11.1 Å². The van der Waals surface area contributed by atoms with Crippen molar-refractivity contribution in [1.29, 1.82) is 0 Å². The van der Waals surface area contributed by atoms with Crippen LogP contribution in [0, 0.1) is 0 Å². The number of carbonyl (C=O) groups is 3. The molecule has 2 aromatic carbocycles. The molecule has 8 nitrogen and oxygen atoms in total. The molecular formula is C24H26N4O4. The summed E-state index contributed by atoms with van der Waals surface area (Å²) in [4.78, 5) is 38.1. The predicted octanol–water partition coefficient (Wildman–Crippen LogP) is 4.02. The van der Waals surface area contributed by atoms with Crippen LogP contribution in [0.25, 0.3) is 22.0 Å². The molecule has 1 saturated carbocycles. The molecule has 0 bridgehead atoms. The molecular weight excluding hydrogens is 408 g/mol. The summed E-state index contributed by atoms with van der Waals surface area (Å²) in [6, 6.07) is 13.6. The van der Waals surface area contributed by atoms with Crippen LogP contribution in [0.1, 0.15) is 49.5 Å². The third-order valence-corrected chi connectivity index (χ3v) is 5.49. The highest BCUT2D eigenvalue weighted by Gasteiger charge is 2.46. The Morgan fingerprint density at radius 2 is 1.84 bits per heavy atom. The largest absolute Gasteiger partial charge is 0.444 e. The van der Waals surface area contributed by atoms with E-state index in [-0.39, 0.29) is 11.4 Å². The van der Waals surface area contributed by atoms with Gasteiger partial charge < -0.3 is 26.1 Å². The fraction of sp³-hybridized carbons (Fsp3) is 0.292. The first kappa shape index (κ1) is 21.4. The standard InChI is InChI=1S/C24H26N4O4/c1-23(2,3)32-22(31)28-24(9-10-24)16-6-4-5-14(11-16)15-7-8-17-18(12-15)27-21(26-13-29)19(17)20(25)30/h4-8,11-13,27H,9-10H2,1-3H3,(H2,25,30)(H,26,29)(H,28,31). The minimum absolute atomic E-state index is 0.242. The van der Waals surface area contributed by atoms with E-state index in [0.29, 0.717) is 17.3 Å². The predicted molar refractivity (Wildman–Crippen MR) is 122 cm³/mol. The lowest BCUT2D eigenvalue weighted by atomic mass is 9.97. The highest BCUT2D eigenvalue weighted by molar-refractivity contribution is 6.12. The number of aromatic amines is 1. The first-order valence-electron chi connectivity index (χ1n) is 10.4. The molecule has 8 heteroatoms. The topological polar surface area (TPSA) is 126 Å². The van der Waals surface area contributed by atoms with Gasteiger partial charge in [0, 0.05) is 10.9 Å². The fourth-order valence-electron chi connectivity index (χ4n) is 3.91. The molecule has 1 aliphatic carbocycles. The molecule has 0 unspecified atom stereocenters. The van der Waals surface area contributed by atoms with Gasteiger partial charge in [0.1, 0.15) is 11.4 Å². The lowest BCUT2D eigenvalue weighted by Crippen LogP contribution is -2.39. The van der Waals surface area contributed by atoms with Gasteiger partial charge in [-0.2, -0.15) is 0 Å². The Kier molecular flexibility index (Phi) is 5.16. The average Bonchev–Trinajstić information content (AvgIpc) is 3.39. The number of alkyl carbamates (subject to hydrolysis) is 1. The maximum atomic E-state index is 12.3. The zero-order valence-corrected chi connectivity index (χ0v) is 18.2. The van der Waals surface area contributed by atoms with Crippen molar-refractivity contribution >= 4 is 35.1 Å². The van der Waals surface area contributed by atoms with Gasteiger partial charge in [0.2, 0.25) is 6.41 Å². The molecule has 0 radical (unpaired) electrons. The summed E-state index contributed by atoms with van der Waals surface area (Å²) in [5, 5.41) is 6.15. The first-order valence-corrected chi connectivity index (χ1v) is 10.4. The number of H-pyrrole nitrogens is 1. The molecule has 4 rings (SSSR count). The van der Waals surface area contributed by atoms with Gasteiger partial charge in [0.15, 0.2) is 0 Å². The zero-order valence-electron chi connectivity index (χ0n) is 18.2. The summed E-state index contributed by atoms with van der Waals surface area (Å²) < 4.78 is 5.43. The molecule has 0 aliphatic heterocycles. The van der Waals surface area contributed by atoms with E-state index in [1.807, 2.05) is 57.2 Å². The van der Waals surface area contributed by atoms with Gasteiger partial charge in [-0.1, -0.05) is 30.3 Å². The molecule has 1 aliphatic rings. The van der Waals surface area contributed by atoms with E-state index in [4.69, 9.17) is 10.5 Å². The first-order chi connectivity index (χ1) is 15.1. The number of carbonyl (C=O) groups excluding carboxylic acids is 3. The number of hydrogen-bond donors (Lipinski definition) is 4. The smallest absolute Gasteiger partial charge is 0.408 e. The number of nitrogens with two attached hydrogens (primary N) is 1. The Morgan fingerprint density at radius 1 is 1.12 bits per heavy atom. The van der Waals surface area contributed by atoms with Crippen LogP contribution in [0.3, 0.4) is 0 Å². The third kappa shape index (κ3) is 4.16. The maximum absolute atomic E-state index is 12.3. The van der Waals surface area contributed by atoms with E-state index in [2.05, 4.69) is 15.6 Å². The number of anilines is 1. The number of fused-ring (bicyclic) bond motifs is 1. The summed E-state index contributed by atoms with van der Waals surface area (Å²) in [7, 11) is 0. The van der Waals surface area contributed by atoms with Crippen LogP contribution in [0.5, 0.6) is 0 Å². The SMILES string of the molecule is CC(C)(C)OC(=O)NC1(c2cccc(-c3ccc4c(C(N)=O)c(NC=O)[nH]c4c3)c2)CC1. The molecule has 3 amide bonds. The second kappa shape index (κ2) is 7.71. The van der Waals surface area contributed by atoms with Crippen molar-refractivity contribution in [1.82, 2.24) is 10.3 Å². The van der Waals surface area contributed by atoms with Crippen LogP contribution < -0.4 is 16.4 Å². The number of nitrogens with one attached hydrogen (secondary N) is 3. The van der Waals surface area contributed by atoms with Crippen molar-refractivity contribution in [2.45, 2.75) is 44.8 Å². The molecule has 0 atom stereocenters. The van der Waals surface area contributed by atoms with Crippen molar-refractivity contribution < 1.29 is 19.1 Å². The second-order valence-electron chi connectivity index (χ2n) is 9.05. The quantitative estimate of drug-likeness (QED) is 0.437. The van der Waals surface area contributed by atoms with Crippen LogP contribution in [0.15, 0.2) is 42.5 Å². The lowest BCUT2D eigenvalue weighted by Gasteiger charge is -2.24. The van der Waals surface area contributed by atoms with E-state index in [9.17, 15) is 14.4 Å². The van der Waals surface area contributed by atoms with Crippen LogP contribution >= 0.6 is 0 Å². The normalized spacial score (nSPS) is 14.6. The van der Waals surface area contributed by atoms with E-state index >= 15 is 0 Å². The molecule has 1 heterocycles. The summed E-state index contributed by atoms with van der Waals surface area (Å²) >= 11 is 0. The number of rotatable bonds is 6. The van der Waals surface area contributed by atoms with Crippen LogP contribution in [0.4, 0.5) is 10.6 Å². The number of hydrogen-bond acceptors (Lipinski definition) is 4. The third-order valence-electron chi connectivity index (χ3n) is 5.49. The zero-order chi connectivity index (χ0) is 23.1. The summed E-state index contributed by atoms with van der Waals surface area (Å²) in [6.07, 6.45) is 1.75. The minimum Gasteiger partial charge on any atom is -0.444 e. The van der Waals surface area contributed by atoms with Crippen molar-refractivity contribution in [3.8, 4) is 11.1 Å². The summed E-state index contributed by atoms with van der Waals surface area (Å²) in [6.45, 7) is 5.51. The molecule has 3 aromatic rings. The van der Waals surface area contributed by atoms with Gasteiger partial charge in [-0.15, -0.1) is 0 Å². The van der Waals surface area contributed by atoms with Crippen LogP contribution in [0.2, 0.25) is 0 Å². The van der Waals surface area contributed by atoms with Crippen molar-refractivity contribution in [3.05, 3.63) is 53.6 Å². The molecule has 1 fully saturated rings. The van der Waals surface area contributed by atoms with E-state index < -0.39 is 23.1 Å². The van der Waals surface area contributed by atoms with E-state index in [1.54, 1.807) is 6.07 Å². The molecule has 0 saturated heterocycles. The van der Waals surface area contributed by atoms with Gasteiger partial charge in [0.25, 0.3) is 5.91 Å². The molecule has 5 N–H and O–H groups in total. The minimum atomic E-state index is -0.626. The molecule has 32 heavy (non-hydrogen) atoms. The molecule has 0 spiro atoms. The number of aromatic nitrogens is 1. The highest BCUT2D eigenvalue weighted by atomic mass is 16.6. The Morgan fingerprint density at radius 3 is 2.47 bits per heavy atom. The number of ether oxygens (including phenoxy) is 1. The Hall–Kier alpha value is -3.81. The second-order valence-corrected chi connectivity index (χ2v) is 9.05. The van der Waals surface area contributed by atoms with Crippen LogP contribution in [-0.4, -0.2) is 29.0 Å². The van der Waals surface area contributed by atoms with Gasteiger partial charge in [-0.25, -0.2) is 4.79 Å². The average molecular weight is 434 g/mol. The van der Waals surface area contributed by atoms with Gasteiger partial charge in [-0.3, -0.25) is 9.59 Å². The summed E-state index contributed by atoms with van der Waals surface area (Å²) in [5.74, 6) is -0.355. The maximum Gasteiger partial charge on any atom is 0.408 e. The van der Waals surface area contributed by atoms with Crippen molar-refractivity contribution in [3.63, 3.8) is 0 Å². The van der Waals surface area contributed by atoms with Gasteiger partial charge >= 0.3 is 6.09 Å². The van der Waals surface area contributed by atoms with Crippen molar-refractivity contribution in [2.24, 2.45) is 5.73 Å². The Balaban J connectivity index is 1.65. The molecule has 1 aromatic heterocycles. The number of amides is 3. The van der Waals surface area contributed by atoms with Crippen LogP contribution in [-0.2, 0) is 15.1 Å². The monoisotopic (exact) mass is 434 g/mol. The fourth-order valence-corrected chi connectivity index (χ4v) is 3.91. The highest BCUT2D eigenvalue weighted by Crippen LogP contribution is 2.46. The van der Waals surface area contributed by atoms with Gasteiger partial charge in [-0.05, 0) is 62.4 Å². The number of benzene rings is 2. The van der Waals surface area contributed by atoms with Crippen molar-refractivity contribution in [2.75, 3.05) is 5.32 Å². The lowest BCUT2D eigenvalue weighted by molar-refractivity contribution is -0.105. The van der Waals surface area contributed by atoms with E-state index in [0.717, 1.165) is 29.5 Å². The Labute approximate surface area is 185 Å². The van der Waals surface area contributed by atoms with E-state index in [1.165, 1.54) is 0 Å². The Bertz CT molecular complexity index is 1220. The summed E-state index contributed by atoms with van der Waals surface area (Å²) in [5.41, 5.74) is 8.32.